The molecule has 1 aromatic rings. The molecule has 1 N–H and O–H groups in total. The average Bonchev–Trinajstić information content (AvgIpc) is 2.17. The molecule has 0 aromatic heterocycles. The largest absolute Gasteiger partial charge is 0.396 e. The smallest absolute Gasteiger partial charge is 0.232 e. The van der Waals surface area contributed by atoms with Gasteiger partial charge in [0.2, 0.25) is 10.0 Å². The molecule has 0 radical (unpaired) electrons. The van der Waals surface area contributed by atoms with E-state index < -0.39 is 10.0 Å². The van der Waals surface area contributed by atoms with Gasteiger partial charge in [0.25, 0.3) is 0 Å². The first-order valence-electron chi connectivity index (χ1n) is 4.59. The minimum atomic E-state index is -3.24. The summed E-state index contributed by atoms with van der Waals surface area (Å²) < 4.78 is 23.9. The van der Waals surface area contributed by atoms with Gasteiger partial charge in [0.1, 0.15) is 0 Å². The molecule has 0 atom stereocenters. The van der Waals surface area contributed by atoms with E-state index in [0.29, 0.717) is 12.1 Å². The number of anilines is 1. The summed E-state index contributed by atoms with van der Waals surface area (Å²) >= 11 is 0. The number of aliphatic hydroxyl groups excluding tert-OH is 1. The highest BCUT2D eigenvalue weighted by Gasteiger charge is 2.14. The van der Waals surface area contributed by atoms with E-state index in [4.69, 9.17) is 5.11 Å². The molecule has 0 amide bonds. The predicted molar refractivity (Wildman–Crippen MR) is 60.5 cm³/mol. The Morgan fingerprint density at radius 3 is 2.47 bits per heavy atom. The number of nitrogens with zero attached hydrogens (tertiary/aromatic N) is 1. The molecule has 15 heavy (non-hydrogen) atoms. The van der Waals surface area contributed by atoms with Gasteiger partial charge in [-0.2, -0.15) is 0 Å². The van der Waals surface area contributed by atoms with E-state index in [1.54, 1.807) is 12.1 Å². The van der Waals surface area contributed by atoms with Gasteiger partial charge in [-0.25, -0.2) is 8.42 Å². The normalized spacial score (nSPS) is 11.4. The second-order valence-electron chi connectivity index (χ2n) is 3.33. The monoisotopic (exact) mass is 229 g/mol. The van der Waals surface area contributed by atoms with Crippen LogP contribution in [0.2, 0.25) is 0 Å². The van der Waals surface area contributed by atoms with E-state index in [9.17, 15) is 8.42 Å². The Balaban J connectivity index is 3.13. The predicted octanol–water partition coefficient (Wildman–Crippen LogP) is 0.617. The van der Waals surface area contributed by atoms with Crippen LogP contribution in [-0.4, -0.2) is 33.4 Å². The molecule has 0 aliphatic rings. The number of rotatable bonds is 4. The van der Waals surface area contributed by atoms with E-state index in [1.807, 2.05) is 12.1 Å². The van der Waals surface area contributed by atoms with E-state index in [0.717, 1.165) is 11.8 Å². The molecule has 4 nitrogen and oxygen atoms in total. The van der Waals surface area contributed by atoms with Crippen LogP contribution in [0.4, 0.5) is 5.69 Å². The quantitative estimate of drug-likeness (QED) is 0.823. The number of benzene rings is 1. The number of para-hydroxylation sites is 1. The molecule has 0 aliphatic carbocycles. The first-order valence-corrected chi connectivity index (χ1v) is 6.44. The summed E-state index contributed by atoms with van der Waals surface area (Å²) in [5.74, 6) is 0. The lowest BCUT2D eigenvalue weighted by Crippen LogP contribution is -2.26. The van der Waals surface area contributed by atoms with Gasteiger partial charge < -0.3 is 5.11 Å². The number of sulfonamides is 1. The van der Waals surface area contributed by atoms with Crippen molar-refractivity contribution in [3.05, 3.63) is 29.8 Å². The third-order valence-corrected chi connectivity index (χ3v) is 3.40. The maximum absolute atomic E-state index is 11.4. The van der Waals surface area contributed by atoms with Crippen molar-refractivity contribution < 1.29 is 13.5 Å². The molecule has 0 heterocycles. The molecule has 5 heteroatoms. The lowest BCUT2D eigenvalue weighted by Gasteiger charge is -2.19. The topological polar surface area (TPSA) is 57.6 Å². The maximum atomic E-state index is 11.4. The van der Waals surface area contributed by atoms with Gasteiger partial charge in [0.05, 0.1) is 11.9 Å². The Kier molecular flexibility index (Phi) is 3.71. The van der Waals surface area contributed by atoms with Crippen molar-refractivity contribution in [1.29, 1.82) is 0 Å². The second kappa shape index (κ2) is 4.63. The van der Waals surface area contributed by atoms with Crippen molar-refractivity contribution in [2.24, 2.45) is 0 Å². The van der Waals surface area contributed by atoms with Crippen LogP contribution in [0, 0.1) is 0 Å². The van der Waals surface area contributed by atoms with Crippen LogP contribution in [0.15, 0.2) is 24.3 Å². The van der Waals surface area contributed by atoms with Crippen LogP contribution < -0.4 is 4.31 Å². The van der Waals surface area contributed by atoms with E-state index in [-0.39, 0.29) is 6.61 Å². The molecule has 1 aromatic carbocycles. The van der Waals surface area contributed by atoms with Crippen LogP contribution >= 0.6 is 0 Å². The van der Waals surface area contributed by atoms with Crippen LogP contribution in [0.1, 0.15) is 5.56 Å². The molecule has 1 rings (SSSR count). The van der Waals surface area contributed by atoms with Crippen molar-refractivity contribution in [2.75, 3.05) is 24.2 Å². The lowest BCUT2D eigenvalue weighted by molar-refractivity contribution is 0.300. The number of hydrogen-bond donors (Lipinski definition) is 1. The second-order valence-corrected chi connectivity index (χ2v) is 5.35. The Morgan fingerprint density at radius 2 is 1.93 bits per heavy atom. The Bertz CT molecular complexity index is 428. The molecule has 0 saturated heterocycles. The van der Waals surface area contributed by atoms with Gasteiger partial charge in [0.15, 0.2) is 0 Å². The zero-order valence-corrected chi connectivity index (χ0v) is 9.66. The minimum absolute atomic E-state index is 0.00855. The molecule has 0 spiro atoms. The van der Waals surface area contributed by atoms with E-state index >= 15 is 0 Å². The first kappa shape index (κ1) is 12.0. The Labute approximate surface area is 90.2 Å². The fraction of sp³-hybridized carbons (Fsp3) is 0.400. The molecule has 0 fully saturated rings. The summed E-state index contributed by atoms with van der Waals surface area (Å²) in [6.07, 6.45) is 1.61. The summed E-state index contributed by atoms with van der Waals surface area (Å²) in [7, 11) is -1.74. The first-order chi connectivity index (χ1) is 6.96. The van der Waals surface area contributed by atoms with Crippen molar-refractivity contribution in [3.8, 4) is 0 Å². The van der Waals surface area contributed by atoms with Crippen LogP contribution in [0.5, 0.6) is 0 Å². The average molecular weight is 229 g/mol. The van der Waals surface area contributed by atoms with Crippen molar-refractivity contribution in [3.63, 3.8) is 0 Å². The summed E-state index contributed by atoms with van der Waals surface area (Å²) in [5, 5.41) is 8.86. The molecule has 0 unspecified atom stereocenters. The van der Waals surface area contributed by atoms with Gasteiger partial charge in [0, 0.05) is 13.7 Å². The summed E-state index contributed by atoms with van der Waals surface area (Å²) in [5.41, 5.74) is 1.45. The van der Waals surface area contributed by atoms with Gasteiger partial charge in [-0.1, -0.05) is 18.2 Å². The van der Waals surface area contributed by atoms with Gasteiger partial charge in [-0.3, -0.25) is 4.31 Å². The Hall–Kier alpha value is -1.07. The van der Waals surface area contributed by atoms with Crippen molar-refractivity contribution in [1.82, 2.24) is 0 Å². The SMILES string of the molecule is CN(c1ccccc1CCO)S(C)(=O)=O. The highest BCUT2D eigenvalue weighted by Crippen LogP contribution is 2.21. The van der Waals surface area contributed by atoms with Gasteiger partial charge in [-0.05, 0) is 18.1 Å². The molecule has 0 aliphatic heterocycles. The van der Waals surface area contributed by atoms with Crippen LogP contribution in [0.25, 0.3) is 0 Å². The zero-order valence-electron chi connectivity index (χ0n) is 8.84. The van der Waals surface area contributed by atoms with Gasteiger partial charge in [-0.15, -0.1) is 0 Å². The third kappa shape index (κ3) is 2.94. The highest BCUT2D eigenvalue weighted by molar-refractivity contribution is 7.92. The number of hydrogen-bond acceptors (Lipinski definition) is 3. The van der Waals surface area contributed by atoms with Crippen molar-refractivity contribution >= 4 is 15.7 Å². The molecule has 84 valence electrons. The van der Waals surface area contributed by atoms with Crippen LogP contribution in [0.3, 0.4) is 0 Å². The van der Waals surface area contributed by atoms with Crippen LogP contribution in [-0.2, 0) is 16.4 Å². The van der Waals surface area contributed by atoms with Crippen molar-refractivity contribution in [2.45, 2.75) is 6.42 Å². The highest BCUT2D eigenvalue weighted by atomic mass is 32.2. The third-order valence-electron chi connectivity index (χ3n) is 2.21. The minimum Gasteiger partial charge on any atom is -0.396 e. The fourth-order valence-electron chi connectivity index (χ4n) is 1.33. The Morgan fingerprint density at radius 1 is 1.33 bits per heavy atom. The fourth-order valence-corrected chi connectivity index (χ4v) is 1.86. The van der Waals surface area contributed by atoms with E-state index in [1.165, 1.54) is 11.4 Å². The molecule has 0 saturated carbocycles. The van der Waals surface area contributed by atoms with E-state index in [2.05, 4.69) is 0 Å². The lowest BCUT2D eigenvalue weighted by atomic mass is 10.1. The molecular weight excluding hydrogens is 214 g/mol. The summed E-state index contributed by atoms with van der Waals surface area (Å²) in [6, 6.07) is 7.14. The summed E-state index contributed by atoms with van der Waals surface area (Å²) in [4.78, 5) is 0. The standard InChI is InChI=1S/C10H15NO3S/c1-11(15(2,13)14)10-6-4-3-5-9(10)7-8-12/h3-6,12H,7-8H2,1-2H3. The summed E-state index contributed by atoms with van der Waals surface area (Å²) in [6.45, 7) is 0.00855. The van der Waals surface area contributed by atoms with Gasteiger partial charge >= 0.3 is 0 Å². The molecular formula is C10H15NO3S. The molecule has 0 bridgehead atoms. The zero-order chi connectivity index (χ0) is 11.5. The number of aliphatic hydroxyl groups is 1. The maximum Gasteiger partial charge on any atom is 0.232 e.